The number of carbonyl (C=O) groups excluding carboxylic acids is 2. The summed E-state index contributed by atoms with van der Waals surface area (Å²) in [7, 11) is 0. The van der Waals surface area contributed by atoms with Crippen LogP contribution in [0.25, 0.3) is 11.1 Å². The Morgan fingerprint density at radius 2 is 1.60 bits per heavy atom. The number of morpholine rings is 1. The number of amides is 1. The van der Waals surface area contributed by atoms with Crippen molar-refractivity contribution >= 4 is 11.9 Å². The van der Waals surface area contributed by atoms with E-state index in [4.69, 9.17) is 9.47 Å². The monoisotopic (exact) mass is 468 g/mol. The molecule has 6 heteroatoms. The van der Waals surface area contributed by atoms with E-state index in [1.54, 1.807) is 12.4 Å². The number of hydrogen-bond acceptors (Lipinski definition) is 5. The molecule has 3 aliphatic rings. The maximum Gasteiger partial charge on any atom is 0.410 e. The fourth-order valence-corrected chi connectivity index (χ4v) is 6.02. The number of Topliss-reactive ketones (excluding diaryl/α,β-unsaturated/α-hetero) is 1. The van der Waals surface area contributed by atoms with E-state index >= 15 is 0 Å². The van der Waals surface area contributed by atoms with Crippen molar-refractivity contribution < 1.29 is 19.1 Å². The van der Waals surface area contributed by atoms with Crippen molar-refractivity contribution in [1.82, 2.24) is 9.88 Å². The Labute approximate surface area is 204 Å². The highest BCUT2D eigenvalue weighted by molar-refractivity contribution is 5.98. The van der Waals surface area contributed by atoms with Gasteiger partial charge in [-0.3, -0.25) is 14.7 Å². The van der Waals surface area contributed by atoms with Crippen molar-refractivity contribution in [2.24, 2.45) is 5.92 Å². The maximum atomic E-state index is 13.3. The number of benzene rings is 2. The second kappa shape index (κ2) is 8.93. The quantitative estimate of drug-likeness (QED) is 0.504. The molecule has 0 spiro atoms. The minimum atomic E-state index is -0.312. The van der Waals surface area contributed by atoms with Crippen LogP contribution in [0.4, 0.5) is 4.79 Å². The molecular weight excluding hydrogens is 440 g/mol. The molecule has 2 aliphatic heterocycles. The smallest absolute Gasteiger partial charge is 0.410 e. The number of piperidine rings is 1. The van der Waals surface area contributed by atoms with E-state index in [9.17, 15) is 9.59 Å². The molecular formula is C29H28N2O4. The van der Waals surface area contributed by atoms with Crippen LogP contribution < -0.4 is 0 Å². The molecule has 3 aromatic rings. The van der Waals surface area contributed by atoms with Gasteiger partial charge in [-0.1, -0.05) is 48.5 Å². The zero-order chi connectivity index (χ0) is 23.9. The van der Waals surface area contributed by atoms with Crippen LogP contribution in [-0.2, 0) is 9.47 Å². The van der Waals surface area contributed by atoms with E-state index in [-0.39, 0.29) is 35.8 Å². The van der Waals surface area contributed by atoms with Gasteiger partial charge in [-0.15, -0.1) is 0 Å². The Morgan fingerprint density at radius 3 is 2.23 bits per heavy atom. The van der Waals surface area contributed by atoms with Crippen molar-refractivity contribution in [1.29, 1.82) is 0 Å². The van der Waals surface area contributed by atoms with Crippen LogP contribution in [0.5, 0.6) is 0 Å². The summed E-state index contributed by atoms with van der Waals surface area (Å²) >= 11 is 0. The zero-order valence-corrected chi connectivity index (χ0v) is 19.7. The molecule has 6 nitrogen and oxygen atoms in total. The number of carbonyl (C=O) groups is 2. The third kappa shape index (κ3) is 3.92. The highest BCUT2D eigenvalue weighted by atomic mass is 16.6. The van der Waals surface area contributed by atoms with Gasteiger partial charge in [-0.2, -0.15) is 0 Å². The first-order valence-corrected chi connectivity index (χ1v) is 12.3. The number of nitrogens with zero attached hydrogens (tertiary/aromatic N) is 2. The molecule has 0 radical (unpaired) electrons. The van der Waals surface area contributed by atoms with Crippen LogP contribution in [-0.4, -0.2) is 53.7 Å². The number of ketones is 1. The minimum absolute atomic E-state index is 0.0235. The van der Waals surface area contributed by atoms with Crippen LogP contribution in [0.3, 0.4) is 0 Å². The molecule has 1 amide bonds. The summed E-state index contributed by atoms with van der Waals surface area (Å²) in [6.45, 7) is 3.08. The van der Waals surface area contributed by atoms with Crippen molar-refractivity contribution in [2.45, 2.75) is 37.8 Å². The fraction of sp³-hybridized carbons (Fsp3) is 0.345. The van der Waals surface area contributed by atoms with Gasteiger partial charge in [0.2, 0.25) is 0 Å². The molecule has 2 bridgehead atoms. The maximum absolute atomic E-state index is 13.3. The Balaban J connectivity index is 1.17. The molecule has 2 atom stereocenters. The van der Waals surface area contributed by atoms with Gasteiger partial charge in [-0.05, 0) is 53.6 Å². The molecule has 178 valence electrons. The Bertz CT molecular complexity index is 1230. The summed E-state index contributed by atoms with van der Waals surface area (Å²) in [4.78, 5) is 32.5. The van der Waals surface area contributed by atoms with Gasteiger partial charge >= 0.3 is 6.09 Å². The van der Waals surface area contributed by atoms with Gasteiger partial charge in [0.25, 0.3) is 0 Å². The van der Waals surface area contributed by atoms with Gasteiger partial charge in [0, 0.05) is 29.8 Å². The van der Waals surface area contributed by atoms with Crippen molar-refractivity contribution in [3.8, 4) is 11.1 Å². The molecule has 2 unspecified atom stereocenters. The van der Waals surface area contributed by atoms with E-state index in [1.165, 1.54) is 22.3 Å². The lowest BCUT2D eigenvalue weighted by Crippen LogP contribution is -2.60. The average molecular weight is 469 g/mol. The number of pyridine rings is 1. The van der Waals surface area contributed by atoms with E-state index in [0.717, 1.165) is 5.56 Å². The van der Waals surface area contributed by atoms with Crippen molar-refractivity contribution in [3.63, 3.8) is 0 Å². The molecule has 35 heavy (non-hydrogen) atoms. The Hall–Kier alpha value is -3.51. The molecule has 1 aromatic heterocycles. The number of hydrogen-bond donors (Lipinski definition) is 0. The van der Waals surface area contributed by atoms with Gasteiger partial charge in [0.05, 0.1) is 25.3 Å². The predicted octanol–water partition coefficient (Wildman–Crippen LogP) is 5.00. The van der Waals surface area contributed by atoms with E-state index in [0.29, 0.717) is 38.2 Å². The fourth-order valence-electron chi connectivity index (χ4n) is 6.02. The number of aryl methyl sites for hydroxylation is 1. The first kappa shape index (κ1) is 22.0. The molecule has 6 rings (SSSR count). The molecule has 2 aromatic carbocycles. The number of ether oxygens (including phenoxy) is 2. The third-order valence-corrected chi connectivity index (χ3v) is 7.60. The first-order valence-electron chi connectivity index (χ1n) is 12.3. The summed E-state index contributed by atoms with van der Waals surface area (Å²) in [6.07, 6.45) is 4.23. The van der Waals surface area contributed by atoms with Gasteiger partial charge < -0.3 is 9.47 Å². The third-order valence-electron chi connectivity index (χ3n) is 7.60. The van der Waals surface area contributed by atoms with Crippen LogP contribution in [0.1, 0.15) is 45.8 Å². The highest BCUT2D eigenvalue weighted by Gasteiger charge is 2.45. The lowest BCUT2D eigenvalue weighted by molar-refractivity contribution is -0.0747. The molecule has 0 saturated carbocycles. The number of aromatic nitrogens is 1. The second-order valence-corrected chi connectivity index (χ2v) is 9.84. The van der Waals surface area contributed by atoms with E-state index in [1.807, 2.05) is 42.2 Å². The molecule has 0 N–H and O–H groups in total. The highest BCUT2D eigenvalue weighted by Crippen LogP contribution is 2.44. The predicted molar refractivity (Wildman–Crippen MR) is 131 cm³/mol. The second-order valence-electron chi connectivity index (χ2n) is 9.84. The lowest BCUT2D eigenvalue weighted by Gasteiger charge is -2.47. The Kier molecular flexibility index (Phi) is 5.61. The number of rotatable bonds is 4. The lowest BCUT2D eigenvalue weighted by atomic mass is 9.81. The summed E-state index contributed by atoms with van der Waals surface area (Å²) < 4.78 is 11.7. The van der Waals surface area contributed by atoms with E-state index < -0.39 is 0 Å². The van der Waals surface area contributed by atoms with E-state index in [2.05, 4.69) is 29.2 Å². The topological polar surface area (TPSA) is 68.7 Å². The SMILES string of the molecule is Cc1cncc(C(=O)C2CC3COCC(C2)N3C(=O)OCC2c3ccccc3-c3ccccc32)c1. The van der Waals surface area contributed by atoms with Crippen molar-refractivity contribution in [2.75, 3.05) is 19.8 Å². The normalized spacial score (nSPS) is 22.9. The van der Waals surface area contributed by atoms with Crippen LogP contribution in [0, 0.1) is 12.8 Å². The largest absolute Gasteiger partial charge is 0.448 e. The molecule has 3 heterocycles. The first-order chi connectivity index (χ1) is 17.1. The molecule has 2 fully saturated rings. The average Bonchev–Trinajstić information content (AvgIpc) is 3.20. The molecule has 2 saturated heterocycles. The standard InChI is InChI=1S/C29H28N2O4/c1-18-10-20(14-30-13-18)28(32)19-11-21-15-34-16-22(12-19)31(21)29(33)35-17-27-25-8-4-2-6-23(25)24-7-3-5-9-26(24)27/h2-10,13-14,19,21-22,27H,11-12,15-17H2,1H3. The van der Waals surface area contributed by atoms with Crippen LogP contribution in [0.15, 0.2) is 67.0 Å². The van der Waals surface area contributed by atoms with Gasteiger partial charge in [0.15, 0.2) is 5.78 Å². The molecule has 1 aliphatic carbocycles. The summed E-state index contributed by atoms with van der Waals surface area (Å²) in [5, 5.41) is 0. The summed E-state index contributed by atoms with van der Waals surface area (Å²) in [6, 6.07) is 18.2. The minimum Gasteiger partial charge on any atom is -0.448 e. The van der Waals surface area contributed by atoms with Crippen LogP contribution in [0.2, 0.25) is 0 Å². The van der Waals surface area contributed by atoms with Crippen LogP contribution >= 0.6 is 0 Å². The summed E-state index contributed by atoms with van der Waals surface area (Å²) in [5.41, 5.74) is 6.42. The van der Waals surface area contributed by atoms with Gasteiger partial charge in [-0.25, -0.2) is 4.79 Å². The van der Waals surface area contributed by atoms with Crippen molar-refractivity contribution in [3.05, 3.63) is 89.2 Å². The Morgan fingerprint density at radius 1 is 0.971 bits per heavy atom. The zero-order valence-electron chi connectivity index (χ0n) is 19.7. The number of fused-ring (bicyclic) bond motifs is 5. The summed E-state index contributed by atoms with van der Waals surface area (Å²) in [5.74, 6) is -0.0178. The van der Waals surface area contributed by atoms with Gasteiger partial charge in [0.1, 0.15) is 6.61 Å².